The number of phosphoric acid groups is 2. The van der Waals surface area contributed by atoms with Crippen LogP contribution in [0, 0.1) is 0 Å². The van der Waals surface area contributed by atoms with Gasteiger partial charge in [-0.3, -0.25) is 37.3 Å². The van der Waals surface area contributed by atoms with Crippen LogP contribution in [0.4, 0.5) is 0 Å². The Morgan fingerprint density at radius 2 is 0.510 bits per heavy atom. The van der Waals surface area contributed by atoms with E-state index in [4.69, 9.17) is 37.0 Å². The summed E-state index contributed by atoms with van der Waals surface area (Å²) in [6.07, 6.45) is 90.3. The zero-order chi connectivity index (χ0) is 76.0. The van der Waals surface area contributed by atoms with E-state index in [-0.39, 0.29) is 25.7 Å². The van der Waals surface area contributed by atoms with Crippen molar-refractivity contribution in [1.29, 1.82) is 0 Å². The number of phosphoric ester groups is 2. The molecule has 0 heterocycles. The highest BCUT2D eigenvalue weighted by molar-refractivity contribution is 7.47. The summed E-state index contributed by atoms with van der Waals surface area (Å²) in [5.74, 6) is -2.33. The fourth-order valence-electron chi connectivity index (χ4n) is 9.51. The van der Waals surface area contributed by atoms with Gasteiger partial charge in [-0.25, -0.2) is 9.13 Å². The number of aliphatic hydroxyl groups excluding tert-OH is 1. The van der Waals surface area contributed by atoms with E-state index in [0.29, 0.717) is 32.1 Å². The van der Waals surface area contributed by atoms with Crippen molar-refractivity contribution >= 4 is 39.5 Å². The van der Waals surface area contributed by atoms with Gasteiger partial charge in [0.25, 0.3) is 0 Å². The van der Waals surface area contributed by atoms with Gasteiger partial charge in [0.05, 0.1) is 26.4 Å². The average molecular weight is 1490 g/mol. The molecule has 0 saturated carbocycles. The van der Waals surface area contributed by atoms with Gasteiger partial charge < -0.3 is 33.8 Å². The highest BCUT2D eigenvalue weighted by Crippen LogP contribution is 2.45. The number of hydrogen-bond donors (Lipinski definition) is 3. The molecule has 0 aromatic carbocycles. The summed E-state index contributed by atoms with van der Waals surface area (Å²) in [7, 11) is -10.0. The second-order valence-corrected chi connectivity index (χ2v) is 28.1. The molecule has 19 heteroatoms. The summed E-state index contributed by atoms with van der Waals surface area (Å²) in [5.41, 5.74) is 0. The summed E-state index contributed by atoms with van der Waals surface area (Å²) >= 11 is 0. The number of carbonyl (C=O) groups excluding carboxylic acids is 4. The van der Waals surface area contributed by atoms with E-state index in [0.717, 1.165) is 186 Å². The molecular formula is C85H136O17P2. The number of allylic oxidation sites excluding steroid dienone is 30. The monoisotopic (exact) mass is 1490 g/mol. The van der Waals surface area contributed by atoms with Gasteiger partial charge in [-0.2, -0.15) is 0 Å². The molecule has 0 amide bonds. The molecule has 0 aliphatic carbocycles. The lowest BCUT2D eigenvalue weighted by Crippen LogP contribution is -2.30. The molecule has 0 aliphatic heterocycles. The van der Waals surface area contributed by atoms with Gasteiger partial charge in [0.2, 0.25) is 0 Å². The first-order valence-corrected chi connectivity index (χ1v) is 42.0. The fraction of sp³-hybridized carbons (Fsp3) is 0.600. The first-order chi connectivity index (χ1) is 50.7. The van der Waals surface area contributed by atoms with E-state index in [2.05, 4.69) is 198 Å². The molecule has 5 atom stereocenters. The number of aliphatic hydroxyl groups is 1. The van der Waals surface area contributed by atoms with Crippen molar-refractivity contribution in [1.82, 2.24) is 0 Å². The summed E-state index contributed by atoms with van der Waals surface area (Å²) in [4.78, 5) is 73.0. The lowest BCUT2D eigenvalue weighted by Gasteiger charge is -2.21. The molecule has 0 radical (unpaired) electrons. The number of esters is 4. The highest BCUT2D eigenvalue weighted by atomic mass is 31.2. The molecule has 0 fully saturated rings. The molecular weight excluding hydrogens is 1350 g/mol. The van der Waals surface area contributed by atoms with E-state index in [1.165, 1.54) is 0 Å². The van der Waals surface area contributed by atoms with Crippen LogP contribution in [0.25, 0.3) is 0 Å². The minimum Gasteiger partial charge on any atom is -0.462 e. The largest absolute Gasteiger partial charge is 0.472 e. The van der Waals surface area contributed by atoms with Gasteiger partial charge >= 0.3 is 39.5 Å². The number of hydrogen-bond acceptors (Lipinski definition) is 15. The lowest BCUT2D eigenvalue weighted by atomic mass is 10.1. The smallest absolute Gasteiger partial charge is 0.462 e. The zero-order valence-corrected chi connectivity index (χ0v) is 65.9. The van der Waals surface area contributed by atoms with E-state index >= 15 is 0 Å². The Balaban J connectivity index is 5.47. The molecule has 0 bridgehead atoms. The van der Waals surface area contributed by atoms with Crippen LogP contribution in [0.15, 0.2) is 182 Å². The van der Waals surface area contributed by atoms with Crippen LogP contribution >= 0.6 is 15.6 Å². The van der Waals surface area contributed by atoms with Crippen molar-refractivity contribution in [2.75, 3.05) is 39.6 Å². The van der Waals surface area contributed by atoms with Crippen LogP contribution in [0.3, 0.4) is 0 Å². The molecule has 104 heavy (non-hydrogen) atoms. The second kappa shape index (κ2) is 75.4. The van der Waals surface area contributed by atoms with Crippen LogP contribution in [0.1, 0.15) is 272 Å². The van der Waals surface area contributed by atoms with E-state index in [9.17, 15) is 43.2 Å². The molecule has 0 saturated heterocycles. The minimum absolute atomic E-state index is 0.0587. The molecule has 0 aromatic heterocycles. The maximum atomic E-state index is 13.1. The minimum atomic E-state index is -5.00. The Hall–Kier alpha value is -5.84. The van der Waals surface area contributed by atoms with Crippen molar-refractivity contribution in [3.63, 3.8) is 0 Å². The van der Waals surface area contributed by atoms with Gasteiger partial charge in [-0.1, -0.05) is 261 Å². The van der Waals surface area contributed by atoms with E-state index < -0.39 is 97.5 Å². The van der Waals surface area contributed by atoms with E-state index in [1.54, 1.807) is 0 Å². The second-order valence-electron chi connectivity index (χ2n) is 25.1. The molecule has 5 unspecified atom stereocenters. The molecule has 588 valence electrons. The molecule has 3 N–H and O–H groups in total. The number of ether oxygens (including phenoxy) is 4. The van der Waals surface area contributed by atoms with Crippen molar-refractivity contribution in [2.24, 2.45) is 0 Å². The average Bonchev–Trinajstić information content (AvgIpc) is 0.911. The Kier molecular flexibility index (Phi) is 71.2. The summed E-state index contributed by atoms with van der Waals surface area (Å²) in [6, 6.07) is 0. The van der Waals surface area contributed by atoms with Gasteiger partial charge in [0.1, 0.15) is 19.3 Å². The first kappa shape index (κ1) is 98.2. The number of rotatable bonds is 71. The van der Waals surface area contributed by atoms with Crippen molar-refractivity contribution in [3.05, 3.63) is 182 Å². The Morgan fingerprint density at radius 1 is 0.279 bits per heavy atom. The molecule has 0 spiro atoms. The van der Waals surface area contributed by atoms with Crippen molar-refractivity contribution in [2.45, 2.75) is 290 Å². The summed E-state index contributed by atoms with van der Waals surface area (Å²) in [6.45, 7) is 4.30. The normalized spacial score (nSPS) is 14.9. The van der Waals surface area contributed by atoms with E-state index in [1.807, 2.05) is 12.2 Å². The molecule has 0 rings (SSSR count). The van der Waals surface area contributed by atoms with Crippen LogP contribution in [-0.2, 0) is 65.4 Å². The Morgan fingerprint density at radius 3 is 0.817 bits per heavy atom. The van der Waals surface area contributed by atoms with Gasteiger partial charge in [0, 0.05) is 25.7 Å². The summed E-state index contributed by atoms with van der Waals surface area (Å²) < 4.78 is 68.4. The first-order valence-electron chi connectivity index (χ1n) is 39.0. The molecule has 0 aromatic rings. The highest BCUT2D eigenvalue weighted by Gasteiger charge is 2.30. The van der Waals surface area contributed by atoms with Gasteiger partial charge in [-0.05, 0) is 167 Å². The number of unbranched alkanes of at least 4 members (excludes halogenated alkanes) is 15. The van der Waals surface area contributed by atoms with Crippen molar-refractivity contribution < 1.29 is 80.2 Å². The lowest BCUT2D eigenvalue weighted by molar-refractivity contribution is -0.161. The summed E-state index contributed by atoms with van der Waals surface area (Å²) in [5, 5.41) is 10.6. The third-order valence-corrected chi connectivity index (χ3v) is 17.2. The Bertz CT molecular complexity index is 2690. The Labute approximate surface area is 628 Å². The van der Waals surface area contributed by atoms with Crippen LogP contribution in [-0.4, -0.2) is 96.7 Å². The predicted octanol–water partition coefficient (Wildman–Crippen LogP) is 22.8. The van der Waals surface area contributed by atoms with Crippen LogP contribution in [0.5, 0.6) is 0 Å². The zero-order valence-electron chi connectivity index (χ0n) is 64.1. The topological polar surface area (TPSA) is 237 Å². The standard InChI is InChI=1S/C85H136O17P2/c1-5-9-13-17-21-25-29-33-36-38-39-41-44-47-50-54-58-62-66-70-83(88)96-76-81(102-85(90)72-68-64-60-56-52-48-42-35-31-27-23-19-15-11-7-3)78-100-104(93,94)98-74-79(86)73-97-103(91,92)99-77-80(101-84(89)71-67-63-59-55-51-45-32-28-24-20-16-12-8-4)75-95-82(87)69-65-61-57-53-49-46-43-40-37-34-30-26-22-18-14-10-6-2/h9-11,13-16,20-23,25-28,32-37,39,41-43,46-47,50,53,57,79-81,86H,5-8,12,17-19,24,29-31,38,40,44-45,48-49,51-52,54-56,58-78H2,1-4H3,(H,91,92)(H,93,94)/b13-9-,14-10-,15-11-,20-16-,25-21-,26-22-,27-23-,32-28-,36-33-,37-34-,41-39-,42-35-,46-43-,50-47-,57-53-. The third-order valence-electron chi connectivity index (χ3n) is 15.3. The SMILES string of the molecule is CC/C=C\C/C=C\C/C=C\C/C=C\C/C=C\CCCCCC(=O)OCC(COP(=O)(O)OCC(O)COP(=O)(O)OCC(COC(=O)CCC/C=C\C/C=C\C/C=C\C/C=C\C/C=C\CC)OC(=O)CCCCCCC/C=C\C/C=C\CCC)OC(=O)CCCCCCC/C=C\C/C=C\C/C=C\CC. The molecule has 0 aliphatic rings. The third kappa shape index (κ3) is 74.4. The van der Waals surface area contributed by atoms with Gasteiger partial charge in [-0.15, -0.1) is 0 Å². The van der Waals surface area contributed by atoms with Crippen molar-refractivity contribution in [3.8, 4) is 0 Å². The molecule has 17 nitrogen and oxygen atoms in total. The number of carbonyl (C=O) groups is 4. The van der Waals surface area contributed by atoms with Gasteiger partial charge in [0.15, 0.2) is 12.2 Å². The maximum absolute atomic E-state index is 13.1. The van der Waals surface area contributed by atoms with Crippen LogP contribution < -0.4 is 0 Å². The fourth-order valence-corrected chi connectivity index (χ4v) is 11.1. The predicted molar refractivity (Wildman–Crippen MR) is 426 cm³/mol. The maximum Gasteiger partial charge on any atom is 0.472 e. The van der Waals surface area contributed by atoms with Crippen LogP contribution in [0.2, 0.25) is 0 Å². The quantitative estimate of drug-likeness (QED) is 0.0169.